The van der Waals surface area contributed by atoms with Crippen LogP contribution in [0.15, 0.2) is 77.7 Å². The first-order chi connectivity index (χ1) is 15.7. The molecule has 3 rings (SSSR count). The highest BCUT2D eigenvalue weighted by molar-refractivity contribution is 7.92. The minimum absolute atomic E-state index is 0.0367. The van der Waals surface area contributed by atoms with E-state index in [1.165, 1.54) is 18.2 Å². The molecule has 0 aliphatic heterocycles. The van der Waals surface area contributed by atoms with Crippen LogP contribution < -0.4 is 14.4 Å². The average Bonchev–Trinajstić information content (AvgIpc) is 2.79. The maximum absolute atomic E-state index is 13.4. The third-order valence-corrected chi connectivity index (χ3v) is 7.19. The van der Waals surface area contributed by atoms with Crippen molar-refractivity contribution in [2.75, 3.05) is 10.8 Å². The van der Waals surface area contributed by atoms with Crippen LogP contribution in [-0.2, 0) is 21.4 Å². The number of sulfonamides is 1. The van der Waals surface area contributed by atoms with Gasteiger partial charge in [0.05, 0.1) is 26.7 Å². The van der Waals surface area contributed by atoms with E-state index in [4.69, 9.17) is 27.9 Å². The van der Waals surface area contributed by atoms with Gasteiger partial charge >= 0.3 is 0 Å². The van der Waals surface area contributed by atoms with Crippen LogP contribution in [0.2, 0.25) is 10.0 Å². The zero-order valence-electron chi connectivity index (χ0n) is 18.2. The lowest BCUT2D eigenvalue weighted by atomic mass is 10.2. The molecule has 6 nitrogen and oxygen atoms in total. The third kappa shape index (κ3) is 6.41. The van der Waals surface area contributed by atoms with Crippen LogP contribution in [0.25, 0.3) is 0 Å². The Bertz CT molecular complexity index is 1200. The first kappa shape index (κ1) is 24.9. The van der Waals surface area contributed by atoms with E-state index in [9.17, 15) is 13.2 Å². The van der Waals surface area contributed by atoms with Gasteiger partial charge in [-0.25, -0.2) is 8.42 Å². The Labute approximate surface area is 204 Å². The van der Waals surface area contributed by atoms with Gasteiger partial charge in [0.1, 0.15) is 12.3 Å². The van der Waals surface area contributed by atoms with Crippen LogP contribution in [0.3, 0.4) is 0 Å². The molecule has 0 bridgehead atoms. The second-order valence-electron chi connectivity index (χ2n) is 7.48. The van der Waals surface area contributed by atoms with E-state index in [0.29, 0.717) is 0 Å². The Kier molecular flexibility index (Phi) is 8.24. The van der Waals surface area contributed by atoms with Crippen LogP contribution in [0.4, 0.5) is 5.69 Å². The lowest BCUT2D eigenvalue weighted by Crippen LogP contribution is -2.40. The minimum Gasteiger partial charge on any atom is -0.491 e. The highest BCUT2D eigenvalue weighted by atomic mass is 35.5. The standard InChI is InChI=1S/C24H24Cl2N2O4S/c1-17(2)32-19-13-11-18(12-14-19)15-27-23(29)16-28(22-10-6-9-21(25)24(22)26)33(30,31)20-7-4-3-5-8-20/h3-14,17H,15-16H2,1-2H3,(H,27,29). The van der Waals surface area contributed by atoms with Crippen LogP contribution in [0.1, 0.15) is 19.4 Å². The molecule has 0 saturated carbocycles. The number of nitrogens with one attached hydrogen (secondary N) is 1. The van der Waals surface area contributed by atoms with Crippen molar-refractivity contribution in [3.63, 3.8) is 0 Å². The van der Waals surface area contributed by atoms with Gasteiger partial charge in [-0.3, -0.25) is 9.10 Å². The van der Waals surface area contributed by atoms with Crippen LogP contribution >= 0.6 is 23.2 Å². The minimum atomic E-state index is -4.08. The van der Waals surface area contributed by atoms with Crippen LogP contribution in [-0.4, -0.2) is 27.0 Å². The number of rotatable bonds is 9. The normalized spacial score (nSPS) is 11.3. The van der Waals surface area contributed by atoms with E-state index in [1.807, 2.05) is 38.1 Å². The fourth-order valence-corrected chi connectivity index (χ4v) is 4.95. The molecule has 0 aliphatic rings. The summed E-state index contributed by atoms with van der Waals surface area (Å²) < 4.78 is 33.3. The van der Waals surface area contributed by atoms with Gasteiger partial charge in [-0.15, -0.1) is 0 Å². The molecule has 0 atom stereocenters. The summed E-state index contributed by atoms with van der Waals surface area (Å²) in [6, 6.07) is 19.8. The Morgan fingerprint density at radius 3 is 2.27 bits per heavy atom. The number of carbonyl (C=O) groups excluding carboxylic acids is 1. The van der Waals surface area contributed by atoms with Gasteiger partial charge in [0.2, 0.25) is 5.91 Å². The first-order valence-electron chi connectivity index (χ1n) is 10.2. The molecule has 33 heavy (non-hydrogen) atoms. The fourth-order valence-electron chi connectivity index (χ4n) is 3.05. The molecule has 0 aromatic heterocycles. The van der Waals surface area contributed by atoms with Gasteiger partial charge < -0.3 is 10.1 Å². The van der Waals surface area contributed by atoms with Crippen molar-refractivity contribution >= 4 is 44.8 Å². The molecule has 9 heteroatoms. The summed E-state index contributed by atoms with van der Waals surface area (Å²) in [5.74, 6) is 0.240. The molecule has 0 unspecified atom stereocenters. The molecular weight excluding hydrogens is 483 g/mol. The quantitative estimate of drug-likeness (QED) is 0.427. The SMILES string of the molecule is CC(C)Oc1ccc(CNC(=O)CN(c2cccc(Cl)c2Cl)S(=O)(=O)c2ccccc2)cc1. The van der Waals surface area contributed by atoms with Crippen molar-refractivity contribution in [3.8, 4) is 5.75 Å². The van der Waals surface area contributed by atoms with E-state index in [-0.39, 0.29) is 33.3 Å². The number of hydrogen-bond acceptors (Lipinski definition) is 4. The van der Waals surface area contributed by atoms with Gasteiger partial charge in [-0.2, -0.15) is 0 Å². The lowest BCUT2D eigenvalue weighted by Gasteiger charge is -2.25. The van der Waals surface area contributed by atoms with E-state index in [1.54, 1.807) is 30.3 Å². The Balaban J connectivity index is 1.80. The zero-order valence-corrected chi connectivity index (χ0v) is 20.5. The summed E-state index contributed by atoms with van der Waals surface area (Å²) in [5.41, 5.74) is 0.969. The molecular formula is C24H24Cl2N2O4S. The predicted octanol–water partition coefficient (Wildman–Crippen LogP) is 5.29. The van der Waals surface area contributed by atoms with Gasteiger partial charge in [0, 0.05) is 6.54 Å². The molecule has 0 spiro atoms. The molecule has 3 aromatic rings. The lowest BCUT2D eigenvalue weighted by molar-refractivity contribution is -0.119. The summed E-state index contributed by atoms with van der Waals surface area (Å²) in [4.78, 5) is 12.8. The monoisotopic (exact) mass is 506 g/mol. The highest BCUT2D eigenvalue weighted by Crippen LogP contribution is 2.35. The smallest absolute Gasteiger partial charge is 0.264 e. The van der Waals surface area contributed by atoms with Crippen molar-refractivity contribution < 1.29 is 17.9 Å². The summed E-state index contributed by atoms with van der Waals surface area (Å²) in [7, 11) is -4.08. The van der Waals surface area contributed by atoms with E-state index >= 15 is 0 Å². The van der Waals surface area contributed by atoms with Gasteiger partial charge in [0.15, 0.2) is 0 Å². The molecule has 1 amide bonds. The summed E-state index contributed by atoms with van der Waals surface area (Å²) in [6.07, 6.45) is 0.0615. The van der Waals surface area contributed by atoms with Crippen molar-refractivity contribution in [3.05, 3.63) is 88.4 Å². The van der Waals surface area contributed by atoms with E-state index in [0.717, 1.165) is 15.6 Å². The second kappa shape index (κ2) is 10.9. The number of nitrogens with zero attached hydrogens (tertiary/aromatic N) is 1. The van der Waals surface area contributed by atoms with Crippen molar-refractivity contribution in [1.82, 2.24) is 5.32 Å². The van der Waals surface area contributed by atoms with E-state index in [2.05, 4.69) is 5.32 Å². The third-order valence-electron chi connectivity index (χ3n) is 4.60. The number of amides is 1. The van der Waals surface area contributed by atoms with Gasteiger partial charge in [0.25, 0.3) is 10.0 Å². The summed E-state index contributed by atoms with van der Waals surface area (Å²) in [6.45, 7) is 3.64. The molecule has 0 radical (unpaired) electrons. The number of carbonyl (C=O) groups is 1. The van der Waals surface area contributed by atoms with Crippen LogP contribution in [0, 0.1) is 0 Å². The Hall–Kier alpha value is -2.74. The van der Waals surface area contributed by atoms with Gasteiger partial charge in [-0.1, -0.05) is 59.6 Å². The predicted molar refractivity (Wildman–Crippen MR) is 131 cm³/mol. The van der Waals surface area contributed by atoms with Gasteiger partial charge in [-0.05, 0) is 55.8 Å². The molecule has 174 valence electrons. The molecule has 0 aliphatic carbocycles. The number of ether oxygens (including phenoxy) is 1. The number of hydrogen-bond donors (Lipinski definition) is 1. The number of anilines is 1. The average molecular weight is 507 g/mol. The Morgan fingerprint density at radius 2 is 1.64 bits per heavy atom. The first-order valence-corrected chi connectivity index (χ1v) is 12.4. The molecule has 0 saturated heterocycles. The maximum Gasteiger partial charge on any atom is 0.264 e. The number of benzene rings is 3. The molecule has 1 N–H and O–H groups in total. The van der Waals surface area contributed by atoms with Crippen molar-refractivity contribution in [2.45, 2.75) is 31.4 Å². The molecule has 0 fully saturated rings. The van der Waals surface area contributed by atoms with Crippen molar-refractivity contribution in [2.24, 2.45) is 0 Å². The second-order valence-corrected chi connectivity index (χ2v) is 10.1. The number of halogens is 2. The highest BCUT2D eigenvalue weighted by Gasteiger charge is 2.29. The Morgan fingerprint density at radius 1 is 0.970 bits per heavy atom. The largest absolute Gasteiger partial charge is 0.491 e. The molecule has 3 aromatic carbocycles. The summed E-state index contributed by atoms with van der Waals surface area (Å²) >= 11 is 12.4. The van der Waals surface area contributed by atoms with Crippen LogP contribution in [0.5, 0.6) is 5.75 Å². The topological polar surface area (TPSA) is 75.7 Å². The molecule has 0 heterocycles. The zero-order chi connectivity index (χ0) is 24.0. The van der Waals surface area contributed by atoms with Crippen molar-refractivity contribution in [1.29, 1.82) is 0 Å². The van der Waals surface area contributed by atoms with E-state index < -0.39 is 22.5 Å². The summed E-state index contributed by atoms with van der Waals surface area (Å²) in [5, 5.41) is 2.99. The maximum atomic E-state index is 13.4. The fraction of sp³-hybridized carbons (Fsp3) is 0.208.